The maximum absolute atomic E-state index is 13.5. The van der Waals surface area contributed by atoms with E-state index in [1.165, 1.54) is 6.07 Å². The summed E-state index contributed by atoms with van der Waals surface area (Å²) in [6.07, 6.45) is 0.0923. The van der Waals surface area contributed by atoms with Gasteiger partial charge in [0.05, 0.1) is 6.42 Å². The van der Waals surface area contributed by atoms with Gasteiger partial charge in [0.25, 0.3) is 0 Å². The van der Waals surface area contributed by atoms with E-state index in [1.54, 1.807) is 30.1 Å². The van der Waals surface area contributed by atoms with Crippen molar-refractivity contribution < 1.29 is 9.18 Å². The number of halogens is 1. The van der Waals surface area contributed by atoms with Crippen LogP contribution in [-0.2, 0) is 17.8 Å². The summed E-state index contributed by atoms with van der Waals surface area (Å²) in [5.41, 5.74) is 2.70. The molecule has 0 atom stereocenters. The summed E-state index contributed by atoms with van der Waals surface area (Å²) in [5, 5.41) is 0. The second-order valence-corrected chi connectivity index (χ2v) is 4.94. The lowest BCUT2D eigenvalue weighted by atomic mass is 10.1. The van der Waals surface area contributed by atoms with Gasteiger partial charge in [-0.05, 0) is 29.7 Å². The molecular weight excluding hydrogens is 253 g/mol. The zero-order valence-electron chi connectivity index (χ0n) is 11.8. The fourth-order valence-corrected chi connectivity index (χ4v) is 2.07. The van der Waals surface area contributed by atoms with Crippen molar-refractivity contribution in [2.45, 2.75) is 19.9 Å². The van der Waals surface area contributed by atoms with Gasteiger partial charge in [-0.1, -0.05) is 42.5 Å². The molecule has 0 aliphatic rings. The van der Waals surface area contributed by atoms with Crippen molar-refractivity contribution in [1.29, 1.82) is 0 Å². The molecule has 2 nitrogen and oxygen atoms in total. The van der Waals surface area contributed by atoms with Crippen LogP contribution in [0.15, 0.2) is 48.5 Å². The van der Waals surface area contributed by atoms with E-state index in [9.17, 15) is 9.18 Å². The van der Waals surface area contributed by atoms with Crippen LogP contribution in [0.4, 0.5) is 4.39 Å². The Kier molecular flexibility index (Phi) is 4.51. The van der Waals surface area contributed by atoms with Crippen LogP contribution in [0.2, 0.25) is 0 Å². The molecule has 20 heavy (non-hydrogen) atoms. The molecule has 0 unspecified atom stereocenters. The van der Waals surface area contributed by atoms with Crippen LogP contribution in [0, 0.1) is 12.7 Å². The molecule has 0 aliphatic heterocycles. The largest absolute Gasteiger partial charge is 0.341 e. The number of carbonyl (C=O) groups excluding carboxylic acids is 1. The number of benzene rings is 2. The molecule has 0 spiro atoms. The number of amides is 1. The first-order valence-electron chi connectivity index (χ1n) is 6.60. The minimum absolute atomic E-state index is 0.0849. The fourth-order valence-electron chi connectivity index (χ4n) is 2.07. The summed E-state index contributed by atoms with van der Waals surface area (Å²) < 4.78 is 13.5. The van der Waals surface area contributed by atoms with Crippen LogP contribution in [0.1, 0.15) is 16.7 Å². The van der Waals surface area contributed by atoms with Gasteiger partial charge >= 0.3 is 0 Å². The Bertz CT molecular complexity index is 609. The third-order valence-electron chi connectivity index (χ3n) is 3.39. The number of hydrogen-bond donors (Lipinski definition) is 0. The highest BCUT2D eigenvalue weighted by Crippen LogP contribution is 2.12. The highest BCUT2D eigenvalue weighted by Gasteiger charge is 2.13. The zero-order chi connectivity index (χ0) is 14.5. The van der Waals surface area contributed by atoms with Crippen LogP contribution in [-0.4, -0.2) is 17.9 Å². The maximum atomic E-state index is 13.5. The molecule has 0 saturated carbocycles. The molecule has 0 saturated heterocycles. The van der Waals surface area contributed by atoms with E-state index in [-0.39, 0.29) is 18.1 Å². The average molecular weight is 271 g/mol. The number of aryl methyl sites for hydroxylation is 1. The second kappa shape index (κ2) is 6.33. The molecule has 104 valence electrons. The van der Waals surface area contributed by atoms with E-state index in [2.05, 4.69) is 0 Å². The van der Waals surface area contributed by atoms with Crippen molar-refractivity contribution in [3.05, 3.63) is 71.0 Å². The monoisotopic (exact) mass is 271 g/mol. The molecule has 2 rings (SSSR count). The van der Waals surface area contributed by atoms with Gasteiger partial charge in [-0.2, -0.15) is 0 Å². The van der Waals surface area contributed by atoms with Crippen LogP contribution < -0.4 is 0 Å². The van der Waals surface area contributed by atoms with Gasteiger partial charge in [0.15, 0.2) is 0 Å². The SMILES string of the molecule is Cc1ccccc1CN(C)C(=O)Cc1ccccc1F. The van der Waals surface area contributed by atoms with E-state index in [0.717, 1.165) is 11.1 Å². The minimum Gasteiger partial charge on any atom is -0.341 e. The number of likely N-dealkylation sites (N-methyl/N-ethyl adjacent to an activating group) is 1. The molecule has 0 fully saturated rings. The highest BCUT2D eigenvalue weighted by molar-refractivity contribution is 5.78. The molecule has 0 radical (unpaired) electrons. The quantitative estimate of drug-likeness (QED) is 0.835. The van der Waals surface area contributed by atoms with Gasteiger partial charge in [-0.15, -0.1) is 0 Å². The first kappa shape index (κ1) is 14.3. The summed E-state index contributed by atoms with van der Waals surface area (Å²) in [5.74, 6) is -0.413. The summed E-state index contributed by atoms with van der Waals surface area (Å²) in [6, 6.07) is 14.3. The molecule has 0 aliphatic carbocycles. The molecule has 1 amide bonds. The Labute approximate surface area is 118 Å². The lowest BCUT2D eigenvalue weighted by molar-refractivity contribution is -0.129. The zero-order valence-corrected chi connectivity index (χ0v) is 11.8. The Morgan fingerprint density at radius 2 is 1.65 bits per heavy atom. The van der Waals surface area contributed by atoms with Crippen LogP contribution in [0.25, 0.3) is 0 Å². The molecule has 0 heterocycles. The fraction of sp³-hybridized carbons (Fsp3) is 0.235. The summed E-state index contributed by atoms with van der Waals surface area (Å²) in [6.45, 7) is 2.56. The van der Waals surface area contributed by atoms with E-state index in [1.807, 2.05) is 31.2 Å². The molecular formula is C17H18FNO. The minimum atomic E-state index is -0.329. The Hall–Kier alpha value is -2.16. The summed E-state index contributed by atoms with van der Waals surface area (Å²) in [7, 11) is 1.75. The van der Waals surface area contributed by atoms with Crippen molar-refractivity contribution in [2.75, 3.05) is 7.05 Å². The molecule has 0 N–H and O–H groups in total. The molecule has 2 aromatic carbocycles. The molecule has 3 heteroatoms. The van der Waals surface area contributed by atoms with Crippen molar-refractivity contribution in [1.82, 2.24) is 4.90 Å². The van der Waals surface area contributed by atoms with Gasteiger partial charge in [-0.3, -0.25) is 4.79 Å². The first-order chi connectivity index (χ1) is 9.58. The van der Waals surface area contributed by atoms with Crippen LogP contribution >= 0.6 is 0 Å². The normalized spacial score (nSPS) is 10.3. The van der Waals surface area contributed by atoms with Crippen molar-refractivity contribution in [3.8, 4) is 0 Å². The number of rotatable bonds is 4. The van der Waals surface area contributed by atoms with Crippen molar-refractivity contribution in [3.63, 3.8) is 0 Å². The standard InChI is InChI=1S/C17H18FNO/c1-13-7-3-4-9-15(13)12-19(2)17(20)11-14-8-5-6-10-16(14)18/h3-10H,11-12H2,1-2H3. The lowest BCUT2D eigenvalue weighted by Crippen LogP contribution is -2.28. The highest BCUT2D eigenvalue weighted by atomic mass is 19.1. The predicted molar refractivity (Wildman–Crippen MR) is 77.8 cm³/mol. The van der Waals surface area contributed by atoms with Gasteiger partial charge in [0, 0.05) is 13.6 Å². The summed E-state index contributed by atoms with van der Waals surface area (Å²) in [4.78, 5) is 13.8. The van der Waals surface area contributed by atoms with Gasteiger partial charge in [-0.25, -0.2) is 4.39 Å². The van der Waals surface area contributed by atoms with E-state index in [0.29, 0.717) is 12.1 Å². The topological polar surface area (TPSA) is 20.3 Å². The summed E-state index contributed by atoms with van der Waals surface area (Å²) >= 11 is 0. The van der Waals surface area contributed by atoms with Gasteiger partial charge in [0.2, 0.25) is 5.91 Å². The van der Waals surface area contributed by atoms with Crippen molar-refractivity contribution in [2.24, 2.45) is 0 Å². The Balaban J connectivity index is 2.03. The molecule has 2 aromatic rings. The lowest BCUT2D eigenvalue weighted by Gasteiger charge is -2.18. The Morgan fingerprint density at radius 1 is 1.05 bits per heavy atom. The van der Waals surface area contributed by atoms with E-state index in [4.69, 9.17) is 0 Å². The van der Waals surface area contributed by atoms with Crippen LogP contribution in [0.5, 0.6) is 0 Å². The van der Waals surface area contributed by atoms with Gasteiger partial charge < -0.3 is 4.90 Å². The van der Waals surface area contributed by atoms with Crippen molar-refractivity contribution >= 4 is 5.91 Å². The maximum Gasteiger partial charge on any atom is 0.227 e. The average Bonchev–Trinajstić information content (AvgIpc) is 2.43. The third kappa shape index (κ3) is 3.44. The molecule has 0 bridgehead atoms. The molecule has 0 aromatic heterocycles. The van der Waals surface area contributed by atoms with Crippen LogP contribution in [0.3, 0.4) is 0 Å². The van der Waals surface area contributed by atoms with E-state index < -0.39 is 0 Å². The van der Waals surface area contributed by atoms with Gasteiger partial charge in [0.1, 0.15) is 5.82 Å². The Morgan fingerprint density at radius 3 is 2.30 bits per heavy atom. The third-order valence-corrected chi connectivity index (χ3v) is 3.39. The number of carbonyl (C=O) groups is 1. The second-order valence-electron chi connectivity index (χ2n) is 4.94. The number of hydrogen-bond acceptors (Lipinski definition) is 1. The number of nitrogens with zero attached hydrogens (tertiary/aromatic N) is 1. The first-order valence-corrected chi connectivity index (χ1v) is 6.60. The smallest absolute Gasteiger partial charge is 0.227 e. The van der Waals surface area contributed by atoms with E-state index >= 15 is 0 Å². The predicted octanol–water partition coefficient (Wildman–Crippen LogP) is 3.34.